The van der Waals surface area contributed by atoms with Crippen molar-refractivity contribution in [2.45, 2.75) is 36.2 Å². The third-order valence-electron chi connectivity index (χ3n) is 5.22. The lowest BCUT2D eigenvalue weighted by molar-refractivity contribution is -0.192. The number of halogens is 4. The summed E-state index contributed by atoms with van der Waals surface area (Å²) in [5.41, 5.74) is 1.22. The molecule has 1 unspecified atom stereocenters. The summed E-state index contributed by atoms with van der Waals surface area (Å²) in [4.78, 5) is 13.1. The number of β-amino-alcohol motifs (C(OH)–C–C–N with tert-alkyl or cyclic N) is 1. The molecule has 0 aliphatic carbocycles. The highest BCUT2D eigenvalue weighted by Gasteiger charge is 2.38. The second-order valence-electron chi connectivity index (χ2n) is 8.46. The van der Waals surface area contributed by atoms with Crippen LogP contribution >= 0.6 is 11.6 Å². The van der Waals surface area contributed by atoms with Gasteiger partial charge in [0.2, 0.25) is 10.0 Å². The number of likely N-dealkylation sites (N-methyl/N-ethyl adjacent to an activating group) is 1. The topological polar surface area (TPSA) is 124 Å². The van der Waals surface area contributed by atoms with Crippen molar-refractivity contribution in [3.05, 3.63) is 64.7 Å². The highest BCUT2D eigenvalue weighted by molar-refractivity contribution is 7.89. The summed E-state index contributed by atoms with van der Waals surface area (Å²) in [5.74, 6) is -2.76. The summed E-state index contributed by atoms with van der Waals surface area (Å²) in [6.45, 7) is 3.25. The molecule has 8 nitrogen and oxygen atoms in total. The molecule has 1 heterocycles. The maximum Gasteiger partial charge on any atom is 0.490 e. The Kier molecular flexibility index (Phi) is 9.68. The first kappa shape index (κ1) is 29.0. The van der Waals surface area contributed by atoms with Crippen LogP contribution in [0, 0.1) is 0 Å². The van der Waals surface area contributed by atoms with Gasteiger partial charge in [-0.2, -0.15) is 13.2 Å². The van der Waals surface area contributed by atoms with Gasteiger partial charge in [-0.1, -0.05) is 48.0 Å². The Labute approximate surface area is 206 Å². The molecule has 0 radical (unpaired) electrons. The molecule has 1 aliphatic heterocycles. The number of sulfonamides is 1. The van der Waals surface area contributed by atoms with Gasteiger partial charge in [0, 0.05) is 32.7 Å². The summed E-state index contributed by atoms with van der Waals surface area (Å²) in [5, 5.41) is 23.4. The molecule has 13 heteroatoms. The third-order valence-corrected chi connectivity index (χ3v) is 6.61. The number of alkyl halides is 3. The molecule has 1 aliphatic rings. The lowest BCUT2D eigenvalue weighted by Crippen LogP contribution is -2.43. The lowest BCUT2D eigenvalue weighted by atomic mass is 10.0. The van der Waals surface area contributed by atoms with E-state index >= 15 is 0 Å². The standard InChI is InChI=1S/C20H26ClN3O3S.C2HF3O2/c1-23(12-17-7-8-18(21)19(11-17)28(22,26)27)14-20(25)9-10-24(15-20)13-16-5-3-2-4-6-16;3-2(4,5)1(6)7/h2-8,11,25H,9-10,12-15H2,1H3,(H2,22,26,27);(H,6,7). The zero-order chi connectivity index (χ0) is 26.4. The van der Waals surface area contributed by atoms with Crippen LogP contribution in [0.15, 0.2) is 53.4 Å². The number of likely N-dealkylation sites (tertiary alicyclic amines) is 1. The number of benzene rings is 2. The van der Waals surface area contributed by atoms with Crippen molar-refractivity contribution >= 4 is 27.6 Å². The molecule has 1 fully saturated rings. The summed E-state index contributed by atoms with van der Waals surface area (Å²) < 4.78 is 55.0. The van der Waals surface area contributed by atoms with E-state index < -0.39 is 27.8 Å². The summed E-state index contributed by atoms with van der Waals surface area (Å²) >= 11 is 5.94. The van der Waals surface area contributed by atoms with Gasteiger partial charge in [0.05, 0.1) is 10.6 Å². The van der Waals surface area contributed by atoms with Gasteiger partial charge in [0.1, 0.15) is 4.90 Å². The summed E-state index contributed by atoms with van der Waals surface area (Å²) in [7, 11) is -1.96. The predicted molar refractivity (Wildman–Crippen MR) is 124 cm³/mol. The molecule has 2 aromatic rings. The number of aliphatic hydroxyl groups is 1. The van der Waals surface area contributed by atoms with E-state index in [1.54, 1.807) is 6.07 Å². The molecule has 35 heavy (non-hydrogen) atoms. The maximum absolute atomic E-state index is 11.6. The van der Waals surface area contributed by atoms with Crippen molar-refractivity contribution in [3.63, 3.8) is 0 Å². The number of nitrogens with two attached hydrogens (primary N) is 1. The van der Waals surface area contributed by atoms with Crippen molar-refractivity contribution < 1.29 is 36.6 Å². The first-order valence-corrected chi connectivity index (χ1v) is 12.3. The number of nitrogens with zero attached hydrogens (tertiary/aromatic N) is 2. The Morgan fingerprint density at radius 3 is 2.34 bits per heavy atom. The van der Waals surface area contributed by atoms with E-state index in [1.165, 1.54) is 17.7 Å². The van der Waals surface area contributed by atoms with Gasteiger partial charge in [0.15, 0.2) is 0 Å². The number of rotatable bonds is 7. The van der Waals surface area contributed by atoms with Crippen molar-refractivity contribution in [1.29, 1.82) is 0 Å². The quantitative estimate of drug-likeness (QED) is 0.496. The second-order valence-corrected chi connectivity index (χ2v) is 10.4. The molecule has 0 amide bonds. The van der Waals surface area contributed by atoms with E-state index in [-0.39, 0.29) is 9.92 Å². The maximum atomic E-state index is 11.6. The number of aliphatic carboxylic acids is 1. The van der Waals surface area contributed by atoms with Gasteiger partial charge in [-0.15, -0.1) is 0 Å². The Hall–Kier alpha value is -2.22. The predicted octanol–water partition coefficient (Wildman–Crippen LogP) is 2.69. The Morgan fingerprint density at radius 2 is 1.80 bits per heavy atom. The smallest absolute Gasteiger partial charge is 0.475 e. The average molecular weight is 538 g/mol. The van der Waals surface area contributed by atoms with Crippen LogP contribution in [-0.4, -0.2) is 72.9 Å². The van der Waals surface area contributed by atoms with E-state index in [2.05, 4.69) is 17.0 Å². The van der Waals surface area contributed by atoms with Gasteiger partial charge in [-0.25, -0.2) is 18.4 Å². The van der Waals surface area contributed by atoms with Crippen LogP contribution in [0.2, 0.25) is 5.02 Å². The number of carboxylic acid groups (broad SMARTS) is 1. The minimum Gasteiger partial charge on any atom is -0.475 e. The van der Waals surface area contributed by atoms with E-state index in [4.69, 9.17) is 26.6 Å². The van der Waals surface area contributed by atoms with Crippen molar-refractivity contribution in [1.82, 2.24) is 9.80 Å². The Morgan fingerprint density at radius 1 is 1.20 bits per heavy atom. The highest BCUT2D eigenvalue weighted by Crippen LogP contribution is 2.26. The van der Waals surface area contributed by atoms with Crippen LogP contribution in [0.25, 0.3) is 0 Å². The van der Waals surface area contributed by atoms with Gasteiger partial charge >= 0.3 is 12.1 Å². The van der Waals surface area contributed by atoms with Gasteiger partial charge in [-0.05, 0) is 36.7 Å². The average Bonchev–Trinajstić information content (AvgIpc) is 3.09. The second kappa shape index (κ2) is 11.7. The van der Waals surface area contributed by atoms with Crippen LogP contribution in [-0.2, 0) is 27.9 Å². The molecule has 0 saturated carbocycles. The van der Waals surface area contributed by atoms with E-state index in [0.717, 1.165) is 18.7 Å². The highest BCUT2D eigenvalue weighted by atomic mass is 35.5. The number of hydrogen-bond donors (Lipinski definition) is 3. The fraction of sp³-hybridized carbons (Fsp3) is 0.409. The van der Waals surface area contributed by atoms with Crippen LogP contribution in [0.1, 0.15) is 17.5 Å². The van der Waals surface area contributed by atoms with Crippen LogP contribution < -0.4 is 5.14 Å². The number of hydrogen-bond acceptors (Lipinski definition) is 6. The van der Waals surface area contributed by atoms with Gasteiger partial charge in [0.25, 0.3) is 0 Å². The van der Waals surface area contributed by atoms with E-state index in [9.17, 15) is 26.7 Å². The Bertz CT molecular complexity index is 1120. The molecular formula is C22H27ClF3N3O5S. The van der Waals surface area contributed by atoms with Crippen LogP contribution in [0.4, 0.5) is 13.2 Å². The molecule has 0 aromatic heterocycles. The van der Waals surface area contributed by atoms with E-state index in [0.29, 0.717) is 26.1 Å². The number of carboxylic acids is 1. The van der Waals surface area contributed by atoms with E-state index in [1.807, 2.05) is 30.1 Å². The SMILES string of the molecule is CN(Cc1ccc(Cl)c(S(N)(=O)=O)c1)CC1(O)CCN(Cc2ccccc2)C1.O=C(O)C(F)(F)F. The number of carbonyl (C=O) groups is 1. The molecule has 194 valence electrons. The molecule has 1 saturated heterocycles. The van der Waals surface area contributed by atoms with Crippen molar-refractivity contribution in [3.8, 4) is 0 Å². The lowest BCUT2D eigenvalue weighted by Gasteiger charge is -2.29. The zero-order valence-electron chi connectivity index (χ0n) is 18.9. The minimum absolute atomic E-state index is 0.0753. The Balaban J connectivity index is 0.000000540. The minimum atomic E-state index is -5.08. The van der Waals surface area contributed by atoms with Crippen LogP contribution in [0.3, 0.4) is 0 Å². The molecule has 4 N–H and O–H groups in total. The molecule has 2 aromatic carbocycles. The molecule has 0 bridgehead atoms. The third kappa shape index (κ3) is 9.39. The zero-order valence-corrected chi connectivity index (χ0v) is 20.4. The van der Waals surface area contributed by atoms with Crippen LogP contribution in [0.5, 0.6) is 0 Å². The summed E-state index contributed by atoms with van der Waals surface area (Å²) in [6, 6.07) is 15.0. The molecule has 0 spiro atoms. The normalized spacial score (nSPS) is 18.9. The van der Waals surface area contributed by atoms with Gasteiger partial charge < -0.3 is 10.2 Å². The molecular weight excluding hydrogens is 511 g/mol. The monoisotopic (exact) mass is 537 g/mol. The fourth-order valence-electron chi connectivity index (χ4n) is 3.78. The first-order chi connectivity index (χ1) is 16.1. The fourth-order valence-corrected chi connectivity index (χ4v) is 4.88. The van der Waals surface area contributed by atoms with Crippen molar-refractivity contribution in [2.24, 2.45) is 5.14 Å². The molecule has 3 rings (SSSR count). The summed E-state index contributed by atoms with van der Waals surface area (Å²) in [6.07, 6.45) is -4.38. The first-order valence-electron chi connectivity index (χ1n) is 10.4. The molecule has 1 atom stereocenters. The van der Waals surface area contributed by atoms with Crippen molar-refractivity contribution in [2.75, 3.05) is 26.7 Å². The number of primary sulfonamides is 1. The largest absolute Gasteiger partial charge is 0.490 e. The van der Waals surface area contributed by atoms with Gasteiger partial charge in [-0.3, -0.25) is 9.80 Å².